The van der Waals surface area contributed by atoms with Crippen molar-refractivity contribution >= 4 is 6.29 Å². The van der Waals surface area contributed by atoms with Gasteiger partial charge >= 0.3 is 0 Å². The molecule has 0 bridgehead atoms. The molecule has 0 aliphatic rings. The molecule has 0 spiro atoms. The Labute approximate surface area is 84.6 Å². The van der Waals surface area contributed by atoms with E-state index in [2.05, 4.69) is 0 Å². The van der Waals surface area contributed by atoms with E-state index in [1.807, 2.05) is 37.3 Å². The fourth-order valence-corrected chi connectivity index (χ4v) is 1.36. The van der Waals surface area contributed by atoms with Gasteiger partial charge in [0.15, 0.2) is 0 Å². The number of carbonyl (C=O) groups is 1. The van der Waals surface area contributed by atoms with Crippen molar-refractivity contribution in [3.8, 4) is 0 Å². The van der Waals surface area contributed by atoms with Gasteiger partial charge in [-0.2, -0.15) is 0 Å². The molecule has 2 nitrogen and oxygen atoms in total. The predicted octanol–water partition coefficient (Wildman–Crippen LogP) is 2.34. The van der Waals surface area contributed by atoms with E-state index < -0.39 is 11.5 Å². The summed E-state index contributed by atoms with van der Waals surface area (Å²) in [5, 5.41) is 10.0. The van der Waals surface area contributed by atoms with Gasteiger partial charge in [-0.1, -0.05) is 44.2 Å². The maximum Gasteiger partial charge on any atom is 0.128 e. The third kappa shape index (κ3) is 2.02. The number of aliphatic hydroxyl groups excluding tert-OH is 1. The summed E-state index contributed by atoms with van der Waals surface area (Å²) in [5.74, 6) is 0. The Hall–Kier alpha value is -1.15. The summed E-state index contributed by atoms with van der Waals surface area (Å²) in [6.07, 6.45) is 0.753. The Morgan fingerprint density at radius 2 is 2.00 bits per heavy atom. The summed E-state index contributed by atoms with van der Waals surface area (Å²) < 4.78 is 0. The quantitative estimate of drug-likeness (QED) is 0.743. The standard InChI is InChI=1S/C12H16O2/c1-3-12(2,9-13)11(14)10-7-5-4-6-8-10/h4-9,11,14H,3H2,1-2H3/t11-,12+/m1/s1. The molecular formula is C12H16O2. The molecule has 0 aliphatic carbocycles. The van der Waals surface area contributed by atoms with Crippen molar-refractivity contribution in [2.24, 2.45) is 5.41 Å². The van der Waals surface area contributed by atoms with Crippen LogP contribution in [-0.2, 0) is 4.79 Å². The van der Waals surface area contributed by atoms with Gasteiger partial charge in [-0.25, -0.2) is 0 Å². The number of aldehydes is 1. The van der Waals surface area contributed by atoms with Crippen LogP contribution in [0.15, 0.2) is 30.3 Å². The largest absolute Gasteiger partial charge is 0.387 e. The number of hydrogen-bond donors (Lipinski definition) is 1. The molecule has 0 unspecified atom stereocenters. The zero-order valence-corrected chi connectivity index (χ0v) is 8.60. The minimum Gasteiger partial charge on any atom is -0.387 e. The molecule has 0 fully saturated rings. The van der Waals surface area contributed by atoms with Crippen LogP contribution in [0.1, 0.15) is 31.9 Å². The van der Waals surface area contributed by atoms with Crippen molar-refractivity contribution in [2.45, 2.75) is 26.4 Å². The Kier molecular flexibility index (Phi) is 3.42. The Morgan fingerprint density at radius 1 is 1.43 bits per heavy atom. The normalized spacial score (nSPS) is 17.1. The van der Waals surface area contributed by atoms with Gasteiger partial charge in [0, 0.05) is 0 Å². The van der Waals surface area contributed by atoms with Gasteiger partial charge in [0.25, 0.3) is 0 Å². The molecule has 2 heteroatoms. The van der Waals surface area contributed by atoms with Gasteiger partial charge in [-0.3, -0.25) is 0 Å². The molecule has 1 rings (SSSR count). The van der Waals surface area contributed by atoms with E-state index in [9.17, 15) is 9.90 Å². The maximum absolute atomic E-state index is 10.9. The second-order valence-electron chi connectivity index (χ2n) is 3.79. The minimum atomic E-state index is -0.716. The van der Waals surface area contributed by atoms with E-state index in [-0.39, 0.29) is 0 Å². The molecule has 0 saturated carbocycles. The molecule has 0 radical (unpaired) electrons. The van der Waals surface area contributed by atoms with E-state index in [4.69, 9.17) is 0 Å². The van der Waals surface area contributed by atoms with Crippen molar-refractivity contribution in [1.29, 1.82) is 0 Å². The molecule has 2 atom stereocenters. The Bertz CT molecular complexity index is 294. The van der Waals surface area contributed by atoms with Gasteiger partial charge in [-0.05, 0) is 12.0 Å². The third-order valence-corrected chi connectivity index (χ3v) is 2.77. The molecule has 76 valence electrons. The first-order chi connectivity index (χ1) is 6.64. The molecule has 0 amide bonds. The molecule has 1 aromatic rings. The highest BCUT2D eigenvalue weighted by atomic mass is 16.3. The zero-order chi connectivity index (χ0) is 10.6. The van der Waals surface area contributed by atoms with Crippen LogP contribution in [0.5, 0.6) is 0 Å². The van der Waals surface area contributed by atoms with E-state index in [1.165, 1.54) is 0 Å². The average Bonchev–Trinajstić information content (AvgIpc) is 2.28. The third-order valence-electron chi connectivity index (χ3n) is 2.77. The molecular weight excluding hydrogens is 176 g/mol. The first-order valence-corrected chi connectivity index (χ1v) is 4.83. The van der Waals surface area contributed by atoms with Gasteiger partial charge in [0.05, 0.1) is 11.5 Å². The summed E-state index contributed by atoms with van der Waals surface area (Å²) in [6.45, 7) is 3.68. The van der Waals surface area contributed by atoms with Crippen LogP contribution in [0.4, 0.5) is 0 Å². The van der Waals surface area contributed by atoms with Crippen molar-refractivity contribution in [1.82, 2.24) is 0 Å². The number of rotatable bonds is 4. The molecule has 0 aromatic heterocycles. The number of benzene rings is 1. The van der Waals surface area contributed by atoms with Crippen LogP contribution in [0.2, 0.25) is 0 Å². The maximum atomic E-state index is 10.9. The van der Waals surface area contributed by atoms with Gasteiger partial charge in [-0.15, -0.1) is 0 Å². The topological polar surface area (TPSA) is 37.3 Å². The minimum absolute atomic E-state index is 0.632. The predicted molar refractivity (Wildman–Crippen MR) is 55.9 cm³/mol. The Balaban J connectivity index is 2.94. The average molecular weight is 192 g/mol. The molecule has 14 heavy (non-hydrogen) atoms. The van der Waals surface area contributed by atoms with E-state index in [1.54, 1.807) is 6.92 Å². The lowest BCUT2D eigenvalue weighted by molar-refractivity contribution is -0.121. The van der Waals surface area contributed by atoms with Crippen LogP contribution >= 0.6 is 0 Å². The zero-order valence-electron chi connectivity index (χ0n) is 8.60. The van der Waals surface area contributed by atoms with Crippen LogP contribution in [-0.4, -0.2) is 11.4 Å². The molecule has 1 aromatic carbocycles. The van der Waals surface area contributed by atoms with Crippen molar-refractivity contribution in [2.75, 3.05) is 0 Å². The highest BCUT2D eigenvalue weighted by Crippen LogP contribution is 2.34. The lowest BCUT2D eigenvalue weighted by Gasteiger charge is -2.27. The van der Waals surface area contributed by atoms with Crippen LogP contribution in [0, 0.1) is 5.41 Å². The van der Waals surface area contributed by atoms with Gasteiger partial charge in [0.1, 0.15) is 6.29 Å². The lowest BCUT2D eigenvalue weighted by Crippen LogP contribution is -2.26. The Morgan fingerprint density at radius 3 is 2.43 bits per heavy atom. The summed E-state index contributed by atoms with van der Waals surface area (Å²) in [4.78, 5) is 10.9. The second kappa shape index (κ2) is 4.38. The lowest BCUT2D eigenvalue weighted by atomic mass is 9.80. The highest BCUT2D eigenvalue weighted by molar-refractivity contribution is 5.60. The number of hydrogen-bond acceptors (Lipinski definition) is 2. The summed E-state index contributed by atoms with van der Waals surface area (Å²) in [7, 11) is 0. The summed E-state index contributed by atoms with van der Waals surface area (Å²) in [5.41, 5.74) is 0.116. The second-order valence-corrected chi connectivity index (χ2v) is 3.79. The monoisotopic (exact) mass is 192 g/mol. The number of aliphatic hydroxyl groups is 1. The van der Waals surface area contributed by atoms with Crippen LogP contribution in [0.25, 0.3) is 0 Å². The molecule has 0 saturated heterocycles. The highest BCUT2D eigenvalue weighted by Gasteiger charge is 2.31. The summed E-state index contributed by atoms with van der Waals surface area (Å²) >= 11 is 0. The van der Waals surface area contributed by atoms with E-state index in [0.29, 0.717) is 6.42 Å². The molecule has 0 aliphatic heterocycles. The van der Waals surface area contributed by atoms with Crippen molar-refractivity contribution in [3.05, 3.63) is 35.9 Å². The molecule has 1 N–H and O–H groups in total. The number of carbonyl (C=O) groups excluding carboxylic acids is 1. The fraction of sp³-hybridized carbons (Fsp3) is 0.417. The van der Waals surface area contributed by atoms with Crippen LogP contribution in [0.3, 0.4) is 0 Å². The fourth-order valence-electron chi connectivity index (χ4n) is 1.36. The van der Waals surface area contributed by atoms with E-state index in [0.717, 1.165) is 11.8 Å². The summed E-state index contributed by atoms with van der Waals surface area (Å²) in [6, 6.07) is 9.28. The first-order valence-electron chi connectivity index (χ1n) is 4.83. The van der Waals surface area contributed by atoms with Gasteiger partial charge in [0.2, 0.25) is 0 Å². The molecule has 0 heterocycles. The SMILES string of the molecule is CC[C@@](C)(C=O)[C@H](O)c1ccccc1. The first kappa shape index (κ1) is 10.9. The van der Waals surface area contributed by atoms with E-state index >= 15 is 0 Å². The van der Waals surface area contributed by atoms with Crippen molar-refractivity contribution < 1.29 is 9.90 Å². The smallest absolute Gasteiger partial charge is 0.128 e. The van der Waals surface area contributed by atoms with Gasteiger partial charge < -0.3 is 9.90 Å². The van der Waals surface area contributed by atoms with Crippen molar-refractivity contribution in [3.63, 3.8) is 0 Å². The van der Waals surface area contributed by atoms with Crippen LogP contribution < -0.4 is 0 Å².